The van der Waals surface area contributed by atoms with Crippen LogP contribution in [-0.4, -0.2) is 12.7 Å². The van der Waals surface area contributed by atoms with Gasteiger partial charge in [0.25, 0.3) is 0 Å². The van der Waals surface area contributed by atoms with Gasteiger partial charge in [0.1, 0.15) is 0 Å². The maximum atomic E-state index is 5.48. The van der Waals surface area contributed by atoms with Crippen molar-refractivity contribution in [3.8, 4) is 0 Å². The lowest BCUT2D eigenvalue weighted by Gasteiger charge is -2.28. The summed E-state index contributed by atoms with van der Waals surface area (Å²) in [6.45, 7) is 6.83. The summed E-state index contributed by atoms with van der Waals surface area (Å²) < 4.78 is 5.48. The molecule has 0 radical (unpaired) electrons. The first-order chi connectivity index (χ1) is 4.60. The summed E-state index contributed by atoms with van der Waals surface area (Å²) in [6, 6.07) is 0. The van der Waals surface area contributed by atoms with Crippen LogP contribution in [0.2, 0.25) is 0 Å². The summed E-state index contributed by atoms with van der Waals surface area (Å²) >= 11 is 0. The highest BCUT2D eigenvalue weighted by Crippen LogP contribution is 2.41. The molecule has 0 aromatic rings. The second-order valence-electron chi connectivity index (χ2n) is 3.82. The maximum Gasteiger partial charge on any atom is 0.0678 e. The van der Waals surface area contributed by atoms with Crippen LogP contribution in [-0.2, 0) is 4.74 Å². The van der Waals surface area contributed by atoms with Crippen molar-refractivity contribution in [3.05, 3.63) is 0 Å². The van der Waals surface area contributed by atoms with Crippen LogP contribution in [0.1, 0.15) is 33.6 Å². The Morgan fingerprint density at radius 1 is 1.40 bits per heavy atom. The molecule has 0 bridgehead atoms. The zero-order valence-electron chi connectivity index (χ0n) is 7.48. The van der Waals surface area contributed by atoms with Crippen LogP contribution >= 0.6 is 0 Å². The molecule has 1 heteroatoms. The summed E-state index contributed by atoms with van der Waals surface area (Å²) in [4.78, 5) is 0. The summed E-state index contributed by atoms with van der Waals surface area (Å²) in [7, 11) is 1.83. The molecule has 1 saturated carbocycles. The van der Waals surface area contributed by atoms with Gasteiger partial charge >= 0.3 is 0 Å². The smallest absolute Gasteiger partial charge is 0.0678 e. The minimum atomic E-state index is 0.166. The van der Waals surface area contributed by atoms with Crippen molar-refractivity contribution in [2.45, 2.75) is 39.2 Å². The van der Waals surface area contributed by atoms with Gasteiger partial charge in [-0.1, -0.05) is 13.8 Å². The monoisotopic (exact) mass is 142 g/mol. The van der Waals surface area contributed by atoms with Gasteiger partial charge in [0, 0.05) is 7.11 Å². The Kier molecular flexibility index (Phi) is 2.04. The van der Waals surface area contributed by atoms with Crippen molar-refractivity contribution in [2.24, 2.45) is 11.8 Å². The average molecular weight is 142 g/mol. The topological polar surface area (TPSA) is 9.23 Å². The molecule has 10 heavy (non-hydrogen) atoms. The van der Waals surface area contributed by atoms with E-state index in [0.29, 0.717) is 0 Å². The molecule has 0 heterocycles. The van der Waals surface area contributed by atoms with Gasteiger partial charge in [0.2, 0.25) is 0 Å². The van der Waals surface area contributed by atoms with Gasteiger partial charge < -0.3 is 4.74 Å². The molecular formula is C9H18O. The molecule has 1 nitrogen and oxygen atoms in total. The molecule has 0 amide bonds. The second kappa shape index (κ2) is 2.54. The molecule has 0 saturated heterocycles. The van der Waals surface area contributed by atoms with Crippen molar-refractivity contribution in [1.82, 2.24) is 0 Å². The van der Waals surface area contributed by atoms with Crippen LogP contribution in [0.15, 0.2) is 0 Å². The first kappa shape index (κ1) is 8.06. The highest BCUT2D eigenvalue weighted by Gasteiger charge is 2.40. The van der Waals surface area contributed by atoms with Gasteiger partial charge in [-0.3, -0.25) is 0 Å². The first-order valence-electron chi connectivity index (χ1n) is 4.15. The Morgan fingerprint density at radius 3 is 2.20 bits per heavy atom. The number of methoxy groups -OCH3 is 1. The third kappa shape index (κ3) is 1.07. The van der Waals surface area contributed by atoms with Crippen molar-refractivity contribution >= 4 is 0 Å². The summed E-state index contributed by atoms with van der Waals surface area (Å²) in [5, 5.41) is 0. The molecule has 0 aromatic carbocycles. The van der Waals surface area contributed by atoms with E-state index in [-0.39, 0.29) is 5.60 Å². The lowest BCUT2D eigenvalue weighted by Crippen LogP contribution is -2.31. The van der Waals surface area contributed by atoms with E-state index in [1.807, 2.05) is 7.11 Å². The van der Waals surface area contributed by atoms with Gasteiger partial charge in [-0.15, -0.1) is 0 Å². The lowest BCUT2D eigenvalue weighted by atomic mass is 9.90. The minimum absolute atomic E-state index is 0.166. The number of rotatable bonds is 1. The lowest BCUT2D eigenvalue weighted by molar-refractivity contribution is -0.0258. The van der Waals surface area contributed by atoms with E-state index < -0.39 is 0 Å². The molecule has 1 aliphatic carbocycles. The van der Waals surface area contributed by atoms with Crippen LogP contribution in [0.3, 0.4) is 0 Å². The molecule has 1 aliphatic rings. The molecule has 2 unspecified atom stereocenters. The molecule has 60 valence electrons. The van der Waals surface area contributed by atoms with Gasteiger partial charge in [0.05, 0.1) is 5.60 Å². The Labute approximate surface area is 63.8 Å². The van der Waals surface area contributed by atoms with Crippen molar-refractivity contribution in [3.63, 3.8) is 0 Å². The third-order valence-electron chi connectivity index (χ3n) is 3.38. The fourth-order valence-corrected chi connectivity index (χ4v) is 1.88. The third-order valence-corrected chi connectivity index (χ3v) is 3.38. The molecule has 1 fully saturated rings. The van der Waals surface area contributed by atoms with E-state index in [9.17, 15) is 0 Å². The quantitative estimate of drug-likeness (QED) is 0.546. The molecule has 0 aliphatic heterocycles. The van der Waals surface area contributed by atoms with E-state index >= 15 is 0 Å². The number of hydrogen-bond acceptors (Lipinski definition) is 1. The van der Waals surface area contributed by atoms with E-state index in [2.05, 4.69) is 20.8 Å². The van der Waals surface area contributed by atoms with Gasteiger partial charge in [-0.2, -0.15) is 0 Å². The predicted molar refractivity (Wildman–Crippen MR) is 43.0 cm³/mol. The van der Waals surface area contributed by atoms with Crippen molar-refractivity contribution in [2.75, 3.05) is 7.11 Å². The zero-order chi connectivity index (χ0) is 7.78. The normalized spacial score (nSPS) is 48.0. The van der Waals surface area contributed by atoms with Gasteiger partial charge in [-0.25, -0.2) is 0 Å². The Morgan fingerprint density at radius 2 is 2.00 bits per heavy atom. The van der Waals surface area contributed by atoms with Crippen LogP contribution in [0.5, 0.6) is 0 Å². The van der Waals surface area contributed by atoms with Crippen LogP contribution < -0.4 is 0 Å². The zero-order valence-corrected chi connectivity index (χ0v) is 7.48. The molecular weight excluding hydrogens is 124 g/mol. The van der Waals surface area contributed by atoms with Crippen molar-refractivity contribution < 1.29 is 4.74 Å². The molecule has 3 atom stereocenters. The van der Waals surface area contributed by atoms with E-state index in [0.717, 1.165) is 11.8 Å². The standard InChI is InChI=1S/C9H18O/c1-7-5-6-9(3,10-4)8(7)2/h7-8H,5-6H2,1-4H3/t7?,8-,9?/m1/s1. The molecule has 0 spiro atoms. The first-order valence-corrected chi connectivity index (χ1v) is 4.15. The SMILES string of the molecule is COC1(C)CCC(C)[C@H]1C. The summed E-state index contributed by atoms with van der Waals surface area (Å²) in [5.41, 5.74) is 0.166. The van der Waals surface area contributed by atoms with Crippen molar-refractivity contribution in [1.29, 1.82) is 0 Å². The minimum Gasteiger partial charge on any atom is -0.378 e. The maximum absolute atomic E-state index is 5.48. The Bertz CT molecular complexity index is 122. The fourth-order valence-electron chi connectivity index (χ4n) is 1.88. The highest BCUT2D eigenvalue weighted by molar-refractivity contribution is 4.91. The van der Waals surface area contributed by atoms with Crippen LogP contribution in [0, 0.1) is 11.8 Å². The average Bonchev–Trinajstić information content (AvgIpc) is 2.19. The van der Waals surface area contributed by atoms with Crippen LogP contribution in [0.4, 0.5) is 0 Å². The van der Waals surface area contributed by atoms with E-state index in [1.54, 1.807) is 0 Å². The second-order valence-corrected chi connectivity index (χ2v) is 3.82. The Hall–Kier alpha value is -0.0400. The number of hydrogen-bond donors (Lipinski definition) is 0. The van der Waals surface area contributed by atoms with Gasteiger partial charge in [0.15, 0.2) is 0 Å². The van der Waals surface area contributed by atoms with E-state index in [1.165, 1.54) is 12.8 Å². The Balaban J connectivity index is 2.64. The molecule has 0 N–H and O–H groups in total. The van der Waals surface area contributed by atoms with Crippen LogP contribution in [0.25, 0.3) is 0 Å². The van der Waals surface area contributed by atoms with E-state index in [4.69, 9.17) is 4.74 Å². The highest BCUT2D eigenvalue weighted by atomic mass is 16.5. The molecule has 0 aromatic heterocycles. The summed E-state index contributed by atoms with van der Waals surface area (Å²) in [6.07, 6.45) is 2.55. The predicted octanol–water partition coefficient (Wildman–Crippen LogP) is 2.46. The molecule has 1 rings (SSSR count). The largest absolute Gasteiger partial charge is 0.378 e. The number of ether oxygens (including phenoxy) is 1. The van der Waals surface area contributed by atoms with Gasteiger partial charge in [-0.05, 0) is 31.6 Å². The fraction of sp³-hybridized carbons (Fsp3) is 1.00. The summed E-state index contributed by atoms with van der Waals surface area (Å²) in [5.74, 6) is 1.56.